The van der Waals surface area contributed by atoms with Crippen LogP contribution in [0.25, 0.3) is 0 Å². The molecule has 1 aliphatic heterocycles. The van der Waals surface area contributed by atoms with E-state index in [1.807, 2.05) is 0 Å². The Morgan fingerprint density at radius 3 is 2.63 bits per heavy atom. The molecular weight excluding hydrogens is 340 g/mol. The summed E-state index contributed by atoms with van der Waals surface area (Å²) in [7, 11) is 0. The Balaban J connectivity index is 1.81. The summed E-state index contributed by atoms with van der Waals surface area (Å²) in [6, 6.07) is 7.04. The number of nitrogens with one attached hydrogen (secondary N) is 3. The molecule has 1 fully saturated rings. The van der Waals surface area contributed by atoms with E-state index in [0.29, 0.717) is 36.3 Å². The van der Waals surface area contributed by atoms with Gasteiger partial charge in [-0.1, -0.05) is 26.3 Å². The molecule has 0 radical (unpaired) electrons. The molecule has 27 heavy (non-hydrogen) atoms. The van der Waals surface area contributed by atoms with E-state index in [1.165, 1.54) is 12.8 Å². The van der Waals surface area contributed by atoms with Gasteiger partial charge in [0.05, 0.1) is 0 Å². The van der Waals surface area contributed by atoms with Crippen LogP contribution in [-0.4, -0.2) is 49.1 Å². The fourth-order valence-corrected chi connectivity index (χ4v) is 3.36. The van der Waals surface area contributed by atoms with Crippen LogP contribution in [0.2, 0.25) is 0 Å². The molecule has 3 amide bonds. The first-order chi connectivity index (χ1) is 13.0. The normalized spacial score (nSPS) is 17.4. The molecule has 6 heteroatoms. The summed E-state index contributed by atoms with van der Waals surface area (Å²) in [5.74, 6) is 0.468. The monoisotopic (exact) mass is 372 g/mol. The highest BCUT2D eigenvalue weighted by Crippen LogP contribution is 2.18. The van der Waals surface area contributed by atoms with Crippen LogP contribution in [-0.2, 0) is 0 Å². The number of anilines is 1. The number of benzene rings is 1. The molecule has 0 aromatic heterocycles. The van der Waals surface area contributed by atoms with Crippen LogP contribution in [0.4, 0.5) is 10.5 Å². The lowest BCUT2D eigenvalue weighted by molar-refractivity contribution is 0.0958. The Morgan fingerprint density at radius 1 is 1.22 bits per heavy atom. The SMILES string of the molecule is C=CCNC(=O)c1ccc(NC(=O)NC[C@H]2CCCCN2CC(C)C)cc1. The second-order valence-corrected chi connectivity index (χ2v) is 7.45. The van der Waals surface area contributed by atoms with Crippen LogP contribution in [0.3, 0.4) is 0 Å². The predicted octanol–water partition coefficient (Wildman–Crippen LogP) is 3.23. The van der Waals surface area contributed by atoms with Gasteiger partial charge in [0.1, 0.15) is 0 Å². The van der Waals surface area contributed by atoms with Crippen molar-refractivity contribution in [1.82, 2.24) is 15.5 Å². The molecule has 148 valence electrons. The maximum absolute atomic E-state index is 12.2. The molecule has 1 saturated heterocycles. The number of urea groups is 1. The van der Waals surface area contributed by atoms with Gasteiger partial charge in [0.15, 0.2) is 0 Å². The van der Waals surface area contributed by atoms with E-state index in [0.717, 1.165) is 19.5 Å². The third-order valence-electron chi connectivity index (χ3n) is 4.66. The number of amides is 3. The molecule has 0 bridgehead atoms. The number of rotatable bonds is 8. The zero-order valence-electron chi connectivity index (χ0n) is 16.5. The molecule has 1 aromatic rings. The first kappa shape index (κ1) is 21.0. The van der Waals surface area contributed by atoms with E-state index in [2.05, 4.69) is 41.3 Å². The number of carbonyl (C=O) groups excluding carboxylic acids is 2. The zero-order valence-corrected chi connectivity index (χ0v) is 16.5. The van der Waals surface area contributed by atoms with Crippen LogP contribution in [0, 0.1) is 5.92 Å². The second-order valence-electron chi connectivity index (χ2n) is 7.45. The molecular formula is C21H32N4O2. The zero-order chi connectivity index (χ0) is 19.6. The summed E-state index contributed by atoms with van der Waals surface area (Å²) in [6.07, 6.45) is 5.22. The topological polar surface area (TPSA) is 73.5 Å². The van der Waals surface area contributed by atoms with Gasteiger partial charge in [-0.2, -0.15) is 0 Å². The Morgan fingerprint density at radius 2 is 1.96 bits per heavy atom. The van der Waals surface area contributed by atoms with Crippen molar-refractivity contribution < 1.29 is 9.59 Å². The van der Waals surface area contributed by atoms with Gasteiger partial charge >= 0.3 is 6.03 Å². The Bertz CT molecular complexity index is 628. The van der Waals surface area contributed by atoms with Gasteiger partial charge in [0.25, 0.3) is 5.91 Å². The fraction of sp³-hybridized carbons (Fsp3) is 0.524. The molecule has 0 spiro atoms. The van der Waals surface area contributed by atoms with Crippen molar-refractivity contribution in [1.29, 1.82) is 0 Å². The second kappa shape index (κ2) is 10.7. The van der Waals surface area contributed by atoms with Crippen molar-refractivity contribution in [3.63, 3.8) is 0 Å². The Hall–Kier alpha value is -2.34. The first-order valence-corrected chi connectivity index (χ1v) is 9.77. The van der Waals surface area contributed by atoms with Crippen LogP contribution in [0.15, 0.2) is 36.9 Å². The first-order valence-electron chi connectivity index (χ1n) is 9.77. The highest BCUT2D eigenvalue weighted by atomic mass is 16.2. The number of nitrogens with zero attached hydrogens (tertiary/aromatic N) is 1. The lowest BCUT2D eigenvalue weighted by atomic mass is 10.0. The summed E-state index contributed by atoms with van der Waals surface area (Å²) in [6.45, 7) is 11.3. The summed E-state index contributed by atoms with van der Waals surface area (Å²) in [4.78, 5) is 26.6. The number of hydrogen-bond donors (Lipinski definition) is 3. The Kier molecular flexibility index (Phi) is 8.33. The average molecular weight is 373 g/mol. The van der Waals surface area contributed by atoms with Crippen LogP contribution in [0.1, 0.15) is 43.5 Å². The van der Waals surface area contributed by atoms with Gasteiger partial charge in [-0.15, -0.1) is 6.58 Å². The van der Waals surface area contributed by atoms with E-state index in [1.54, 1.807) is 30.3 Å². The maximum atomic E-state index is 12.2. The molecule has 1 atom stereocenters. The van der Waals surface area contributed by atoms with Crippen molar-refractivity contribution in [3.05, 3.63) is 42.5 Å². The third-order valence-corrected chi connectivity index (χ3v) is 4.66. The van der Waals surface area contributed by atoms with Crippen LogP contribution >= 0.6 is 0 Å². The molecule has 1 aromatic carbocycles. The fourth-order valence-electron chi connectivity index (χ4n) is 3.36. The number of likely N-dealkylation sites (tertiary alicyclic amines) is 1. The van der Waals surface area contributed by atoms with Crippen molar-refractivity contribution in [3.8, 4) is 0 Å². The van der Waals surface area contributed by atoms with E-state index < -0.39 is 0 Å². The van der Waals surface area contributed by atoms with E-state index in [-0.39, 0.29) is 11.9 Å². The smallest absolute Gasteiger partial charge is 0.319 e. The Labute approximate surface area is 162 Å². The van der Waals surface area contributed by atoms with Crippen molar-refractivity contribution in [2.45, 2.75) is 39.2 Å². The molecule has 3 N–H and O–H groups in total. The summed E-state index contributed by atoms with van der Waals surface area (Å²) in [5, 5.41) is 8.54. The number of piperidine rings is 1. The highest BCUT2D eigenvalue weighted by molar-refractivity contribution is 5.95. The predicted molar refractivity (Wildman–Crippen MR) is 110 cm³/mol. The van der Waals surface area contributed by atoms with Crippen molar-refractivity contribution >= 4 is 17.6 Å². The van der Waals surface area contributed by atoms with E-state index in [4.69, 9.17) is 0 Å². The molecule has 0 saturated carbocycles. The third kappa shape index (κ3) is 7.06. The minimum atomic E-state index is -0.214. The summed E-state index contributed by atoms with van der Waals surface area (Å²) < 4.78 is 0. The highest BCUT2D eigenvalue weighted by Gasteiger charge is 2.23. The minimum Gasteiger partial charge on any atom is -0.349 e. The quantitative estimate of drug-likeness (QED) is 0.614. The van der Waals surface area contributed by atoms with Crippen LogP contribution < -0.4 is 16.0 Å². The van der Waals surface area contributed by atoms with E-state index >= 15 is 0 Å². The summed E-state index contributed by atoms with van der Waals surface area (Å²) in [5.41, 5.74) is 1.21. The van der Waals surface area contributed by atoms with E-state index in [9.17, 15) is 9.59 Å². The minimum absolute atomic E-state index is 0.159. The number of carbonyl (C=O) groups is 2. The molecule has 0 aliphatic carbocycles. The lowest BCUT2D eigenvalue weighted by Gasteiger charge is -2.36. The van der Waals surface area contributed by atoms with Crippen LogP contribution in [0.5, 0.6) is 0 Å². The summed E-state index contributed by atoms with van der Waals surface area (Å²) >= 11 is 0. The van der Waals surface area contributed by atoms with Gasteiger partial charge in [-0.25, -0.2) is 4.79 Å². The molecule has 2 rings (SSSR count). The van der Waals surface area contributed by atoms with Gasteiger partial charge in [0.2, 0.25) is 0 Å². The largest absolute Gasteiger partial charge is 0.349 e. The van der Waals surface area contributed by atoms with Crippen molar-refractivity contribution in [2.24, 2.45) is 5.92 Å². The van der Waals surface area contributed by atoms with Gasteiger partial charge < -0.3 is 16.0 Å². The molecule has 1 heterocycles. The average Bonchev–Trinajstić information content (AvgIpc) is 2.65. The van der Waals surface area contributed by atoms with Gasteiger partial charge in [-0.3, -0.25) is 9.69 Å². The van der Waals surface area contributed by atoms with Crippen molar-refractivity contribution in [2.75, 3.05) is 31.5 Å². The maximum Gasteiger partial charge on any atom is 0.319 e. The standard InChI is InChI=1S/C21H32N4O2/c1-4-12-22-20(26)17-8-10-18(11-9-17)24-21(27)23-14-19-7-5-6-13-25(19)15-16(2)3/h4,8-11,16,19H,1,5-7,12-15H2,2-3H3,(H,22,26)(H2,23,24,27)/t19-/m1/s1. The van der Waals surface area contributed by atoms with Gasteiger partial charge in [0, 0.05) is 36.9 Å². The lowest BCUT2D eigenvalue weighted by Crippen LogP contribution is -2.48. The van der Waals surface area contributed by atoms with Gasteiger partial charge in [-0.05, 0) is 49.6 Å². The molecule has 6 nitrogen and oxygen atoms in total. The number of hydrogen-bond acceptors (Lipinski definition) is 3. The molecule has 0 unspecified atom stereocenters. The molecule has 1 aliphatic rings.